The van der Waals surface area contributed by atoms with E-state index in [1.54, 1.807) is 0 Å². The molecule has 0 fully saturated rings. The molecule has 51 heavy (non-hydrogen) atoms. The fourth-order valence-corrected chi connectivity index (χ4v) is 7.61. The van der Waals surface area contributed by atoms with Crippen LogP contribution in [0.4, 0.5) is 0 Å². The van der Waals surface area contributed by atoms with E-state index >= 15 is 0 Å². The summed E-state index contributed by atoms with van der Waals surface area (Å²) in [4.78, 5) is 10.3. The van der Waals surface area contributed by atoms with E-state index in [9.17, 15) is 0 Å². The summed E-state index contributed by atoms with van der Waals surface area (Å²) < 4.78 is 6.40. The van der Waals surface area contributed by atoms with Crippen molar-refractivity contribution in [3.63, 3.8) is 0 Å². The summed E-state index contributed by atoms with van der Waals surface area (Å²) in [5.41, 5.74) is 9.60. The van der Waals surface area contributed by atoms with Gasteiger partial charge in [0.2, 0.25) is 0 Å². The lowest BCUT2D eigenvalue weighted by atomic mass is 9.91. The molecule has 0 amide bonds. The Balaban J connectivity index is 1.07. The second kappa shape index (κ2) is 12.1. The number of furan rings is 1. The number of hydrogen-bond acceptors (Lipinski definition) is 4. The largest absolute Gasteiger partial charge is 0.456 e. The molecule has 10 rings (SSSR count). The quantitative estimate of drug-likeness (QED) is 0.201. The Labute approximate surface area is 295 Å². The van der Waals surface area contributed by atoms with E-state index in [1.165, 1.54) is 26.8 Å². The van der Waals surface area contributed by atoms with E-state index in [1.807, 2.05) is 24.3 Å². The van der Waals surface area contributed by atoms with Crippen LogP contribution in [-0.2, 0) is 0 Å². The normalized spacial score (nSPS) is 15.4. The highest BCUT2D eigenvalue weighted by Crippen LogP contribution is 2.36. The van der Waals surface area contributed by atoms with Crippen molar-refractivity contribution in [2.24, 2.45) is 9.98 Å². The molecule has 1 unspecified atom stereocenters. The van der Waals surface area contributed by atoms with Gasteiger partial charge in [0.25, 0.3) is 0 Å². The minimum absolute atomic E-state index is 0.326. The van der Waals surface area contributed by atoms with Crippen LogP contribution in [0.15, 0.2) is 166 Å². The SMILES string of the molecule is C1=c2ccc(-c3ccc(-c4ccc5c(c4)oc4cc6ccccc6cc45)cc3)c(C3N=C(c4ccccc4)N=C(c4ccccc4)N3)c2=CCC1. The fraction of sp³-hybridized carbons (Fsp3) is 0.0638. The second-order valence-corrected chi connectivity index (χ2v) is 13.3. The number of benzene rings is 7. The van der Waals surface area contributed by atoms with Crippen molar-refractivity contribution in [2.75, 3.05) is 0 Å². The van der Waals surface area contributed by atoms with E-state index in [4.69, 9.17) is 14.4 Å². The molecule has 0 saturated heterocycles. The van der Waals surface area contributed by atoms with Crippen molar-refractivity contribution in [1.29, 1.82) is 0 Å². The molecule has 4 heteroatoms. The van der Waals surface area contributed by atoms with Gasteiger partial charge in [-0.1, -0.05) is 140 Å². The predicted molar refractivity (Wildman–Crippen MR) is 211 cm³/mol. The molecule has 1 N–H and O–H groups in total. The molecular weight excluding hydrogens is 623 g/mol. The van der Waals surface area contributed by atoms with Crippen LogP contribution in [0.2, 0.25) is 0 Å². The van der Waals surface area contributed by atoms with Crippen molar-refractivity contribution in [2.45, 2.75) is 19.0 Å². The Kier molecular flexibility index (Phi) is 6.98. The minimum atomic E-state index is -0.326. The van der Waals surface area contributed by atoms with E-state index in [0.717, 1.165) is 79.8 Å². The van der Waals surface area contributed by atoms with Crippen LogP contribution in [0.5, 0.6) is 0 Å². The highest BCUT2D eigenvalue weighted by Gasteiger charge is 2.25. The summed E-state index contributed by atoms with van der Waals surface area (Å²) in [6.07, 6.45) is 6.44. The third kappa shape index (κ3) is 5.24. The van der Waals surface area contributed by atoms with Crippen molar-refractivity contribution in [1.82, 2.24) is 5.32 Å². The minimum Gasteiger partial charge on any atom is -0.456 e. The summed E-state index contributed by atoms with van der Waals surface area (Å²) in [6.45, 7) is 0. The lowest BCUT2D eigenvalue weighted by molar-refractivity contribution is 0.669. The molecule has 242 valence electrons. The average molecular weight is 656 g/mol. The zero-order chi connectivity index (χ0) is 33.7. The summed E-state index contributed by atoms with van der Waals surface area (Å²) >= 11 is 0. The molecule has 0 spiro atoms. The Morgan fingerprint density at radius 3 is 2.00 bits per heavy atom. The van der Waals surface area contributed by atoms with Gasteiger partial charge >= 0.3 is 0 Å². The number of rotatable bonds is 5. The van der Waals surface area contributed by atoms with E-state index in [2.05, 4.69) is 145 Å². The lowest BCUT2D eigenvalue weighted by Gasteiger charge is -2.26. The summed E-state index contributed by atoms with van der Waals surface area (Å²) in [5.74, 6) is 1.55. The summed E-state index contributed by atoms with van der Waals surface area (Å²) in [7, 11) is 0. The molecule has 7 aromatic carbocycles. The van der Waals surface area contributed by atoms with Crippen molar-refractivity contribution < 1.29 is 4.42 Å². The van der Waals surface area contributed by atoms with Gasteiger partial charge in [0.1, 0.15) is 23.2 Å². The zero-order valence-electron chi connectivity index (χ0n) is 27.9. The maximum absolute atomic E-state index is 6.40. The number of fused-ring (bicyclic) bond motifs is 5. The number of nitrogens with one attached hydrogen (secondary N) is 1. The highest BCUT2D eigenvalue weighted by molar-refractivity contribution is 6.13. The number of amidine groups is 2. The van der Waals surface area contributed by atoms with Gasteiger partial charge in [0.15, 0.2) is 5.84 Å². The van der Waals surface area contributed by atoms with Crippen LogP contribution in [0.25, 0.3) is 67.1 Å². The molecule has 1 aliphatic heterocycles. The zero-order valence-corrected chi connectivity index (χ0v) is 27.9. The molecular formula is C47H33N3O. The lowest BCUT2D eigenvalue weighted by Crippen LogP contribution is -2.40. The maximum Gasteiger partial charge on any atom is 0.159 e. The van der Waals surface area contributed by atoms with Crippen molar-refractivity contribution in [3.05, 3.63) is 179 Å². The first kappa shape index (κ1) is 29.4. The Hall–Kier alpha value is -6.52. The van der Waals surface area contributed by atoms with Crippen molar-refractivity contribution in [3.8, 4) is 22.3 Å². The van der Waals surface area contributed by atoms with Gasteiger partial charge < -0.3 is 9.73 Å². The number of hydrogen-bond donors (Lipinski definition) is 1. The standard InChI is InChI=1S/C47H33N3O/c1-3-12-33(13-4-1)45-48-46(34-14-5-2-6-15-34)50-47(49-45)44-38-18-10-9-11-31(38)23-25-39(44)32-21-19-30(20-22-32)37-24-26-40-41-27-35-16-7-8-17-36(35)28-43(41)51-42(40)29-37/h1-8,11-29,47H,9-10H2,(H,48,49,50). The molecule has 4 nitrogen and oxygen atoms in total. The van der Waals surface area contributed by atoms with Crippen LogP contribution >= 0.6 is 0 Å². The third-order valence-corrected chi connectivity index (χ3v) is 10.2. The van der Waals surface area contributed by atoms with Gasteiger partial charge in [-0.2, -0.15) is 0 Å². The van der Waals surface area contributed by atoms with Crippen LogP contribution in [0.3, 0.4) is 0 Å². The molecule has 0 bridgehead atoms. The Morgan fingerprint density at radius 2 is 1.20 bits per heavy atom. The summed E-state index contributed by atoms with van der Waals surface area (Å²) in [6, 6.07) is 53.4. The Bertz CT molecular complexity index is 2810. The van der Waals surface area contributed by atoms with E-state index in [-0.39, 0.29) is 6.17 Å². The Morgan fingerprint density at radius 1 is 0.529 bits per heavy atom. The summed E-state index contributed by atoms with van der Waals surface area (Å²) in [5, 5.41) is 10.9. The first-order valence-electron chi connectivity index (χ1n) is 17.6. The third-order valence-electron chi connectivity index (χ3n) is 10.2. The van der Waals surface area contributed by atoms with Gasteiger partial charge in [-0.25, -0.2) is 9.98 Å². The molecule has 1 aromatic heterocycles. The topological polar surface area (TPSA) is 49.9 Å². The smallest absolute Gasteiger partial charge is 0.159 e. The van der Waals surface area contributed by atoms with Crippen LogP contribution < -0.4 is 15.8 Å². The van der Waals surface area contributed by atoms with Crippen LogP contribution in [0.1, 0.15) is 35.7 Å². The van der Waals surface area contributed by atoms with Gasteiger partial charge in [-0.3, -0.25) is 0 Å². The van der Waals surface area contributed by atoms with E-state index in [0.29, 0.717) is 0 Å². The first-order valence-corrected chi connectivity index (χ1v) is 17.6. The second-order valence-electron chi connectivity index (χ2n) is 13.3. The van der Waals surface area contributed by atoms with Gasteiger partial charge in [0, 0.05) is 27.5 Å². The monoisotopic (exact) mass is 655 g/mol. The first-order chi connectivity index (χ1) is 25.2. The van der Waals surface area contributed by atoms with Crippen LogP contribution in [-0.4, -0.2) is 11.7 Å². The molecule has 8 aromatic rings. The molecule has 1 atom stereocenters. The number of aliphatic imine (C=N–C) groups is 2. The van der Waals surface area contributed by atoms with E-state index < -0.39 is 0 Å². The van der Waals surface area contributed by atoms with Gasteiger partial charge in [0.05, 0.1) is 0 Å². The molecule has 2 heterocycles. The van der Waals surface area contributed by atoms with Gasteiger partial charge in [-0.05, 0) is 80.6 Å². The molecule has 2 aliphatic rings. The van der Waals surface area contributed by atoms with Gasteiger partial charge in [-0.15, -0.1) is 0 Å². The fourth-order valence-electron chi connectivity index (χ4n) is 7.61. The maximum atomic E-state index is 6.40. The highest BCUT2D eigenvalue weighted by atomic mass is 16.3. The molecule has 1 aliphatic carbocycles. The van der Waals surface area contributed by atoms with Crippen molar-refractivity contribution >= 4 is 56.5 Å². The molecule has 0 radical (unpaired) electrons. The average Bonchev–Trinajstić information content (AvgIpc) is 3.56. The van der Waals surface area contributed by atoms with Crippen LogP contribution in [0, 0.1) is 0 Å². The predicted octanol–water partition coefficient (Wildman–Crippen LogP) is 9.92. The molecule has 0 saturated carbocycles. The number of nitrogens with zero attached hydrogens (tertiary/aromatic N) is 2.